The first-order chi connectivity index (χ1) is 9.31. The van der Waals surface area contributed by atoms with Crippen LogP contribution >= 0.6 is 0 Å². The van der Waals surface area contributed by atoms with Crippen molar-refractivity contribution in [3.05, 3.63) is 33.6 Å². The zero-order chi connectivity index (χ0) is 15.3. The lowest BCUT2D eigenvalue weighted by Crippen LogP contribution is -2.19. The van der Waals surface area contributed by atoms with Crippen LogP contribution in [0.15, 0.2) is 22.1 Å². The topological polar surface area (TPSA) is 93.7 Å². The fourth-order valence-corrected chi connectivity index (χ4v) is 1.50. The highest BCUT2D eigenvalue weighted by atomic mass is 16.6. The molecule has 0 radical (unpaired) electrons. The molecule has 0 amide bonds. The maximum atomic E-state index is 11.9. The molecule has 0 aromatic carbocycles. The number of ketones is 2. The molecular formula is C13H16N2O5. The van der Waals surface area contributed by atoms with Crippen LogP contribution in [0.25, 0.3) is 6.08 Å². The Hall–Kier alpha value is -2.28. The van der Waals surface area contributed by atoms with Crippen LogP contribution in [0.2, 0.25) is 0 Å². The standard InChI is InChI=1S/C13H16N2O5/c1-9(16)11(12(17)6-7-14(2)3)8-10-4-5-13(20-10)15(18)19/h4-5,8H,6-7H2,1-3H3/b11-8+. The molecule has 1 heterocycles. The first-order valence-corrected chi connectivity index (χ1v) is 5.96. The quantitative estimate of drug-likeness (QED) is 0.248. The monoisotopic (exact) mass is 280 g/mol. The van der Waals surface area contributed by atoms with Crippen LogP contribution in [0.4, 0.5) is 5.88 Å². The van der Waals surface area contributed by atoms with Crippen LogP contribution in [0.3, 0.4) is 0 Å². The van der Waals surface area contributed by atoms with Crippen molar-refractivity contribution in [2.75, 3.05) is 20.6 Å². The van der Waals surface area contributed by atoms with Gasteiger partial charge in [-0.25, -0.2) is 0 Å². The molecule has 0 saturated heterocycles. The number of hydrogen-bond donors (Lipinski definition) is 0. The van der Waals surface area contributed by atoms with Gasteiger partial charge >= 0.3 is 5.88 Å². The van der Waals surface area contributed by atoms with Crippen LogP contribution < -0.4 is 0 Å². The van der Waals surface area contributed by atoms with Gasteiger partial charge in [0.1, 0.15) is 10.7 Å². The molecular weight excluding hydrogens is 264 g/mol. The van der Waals surface area contributed by atoms with Gasteiger partial charge in [-0.2, -0.15) is 0 Å². The van der Waals surface area contributed by atoms with E-state index in [4.69, 9.17) is 4.42 Å². The zero-order valence-electron chi connectivity index (χ0n) is 11.6. The molecule has 0 aliphatic rings. The van der Waals surface area contributed by atoms with E-state index in [1.54, 1.807) is 0 Å². The van der Waals surface area contributed by atoms with Crippen molar-refractivity contribution in [3.63, 3.8) is 0 Å². The van der Waals surface area contributed by atoms with E-state index in [1.165, 1.54) is 25.1 Å². The van der Waals surface area contributed by atoms with E-state index in [-0.39, 0.29) is 23.5 Å². The Morgan fingerprint density at radius 2 is 2.05 bits per heavy atom. The highest BCUT2D eigenvalue weighted by molar-refractivity contribution is 6.22. The van der Waals surface area contributed by atoms with E-state index in [0.717, 1.165) is 0 Å². The van der Waals surface area contributed by atoms with Crippen LogP contribution in [0.1, 0.15) is 19.1 Å². The van der Waals surface area contributed by atoms with Gasteiger partial charge in [-0.15, -0.1) is 0 Å². The van der Waals surface area contributed by atoms with Crippen molar-refractivity contribution in [2.45, 2.75) is 13.3 Å². The Labute approximate surface area is 116 Å². The van der Waals surface area contributed by atoms with Gasteiger partial charge < -0.3 is 9.32 Å². The van der Waals surface area contributed by atoms with Gasteiger partial charge in [-0.3, -0.25) is 19.7 Å². The van der Waals surface area contributed by atoms with Crippen molar-refractivity contribution in [3.8, 4) is 0 Å². The van der Waals surface area contributed by atoms with E-state index < -0.39 is 16.6 Å². The first-order valence-electron chi connectivity index (χ1n) is 5.96. The van der Waals surface area contributed by atoms with Crippen molar-refractivity contribution < 1.29 is 18.9 Å². The van der Waals surface area contributed by atoms with Crippen molar-refractivity contribution >= 4 is 23.5 Å². The third-order valence-electron chi connectivity index (χ3n) is 2.54. The van der Waals surface area contributed by atoms with Gasteiger partial charge in [0.15, 0.2) is 11.6 Å². The molecule has 0 unspecified atom stereocenters. The fourth-order valence-electron chi connectivity index (χ4n) is 1.50. The molecule has 0 atom stereocenters. The van der Waals surface area contributed by atoms with Crippen LogP contribution in [0, 0.1) is 10.1 Å². The van der Waals surface area contributed by atoms with E-state index in [9.17, 15) is 19.7 Å². The molecule has 0 aliphatic heterocycles. The summed E-state index contributed by atoms with van der Waals surface area (Å²) < 4.78 is 4.91. The Bertz CT molecular complexity index is 557. The second kappa shape index (κ2) is 6.76. The second-order valence-corrected chi connectivity index (χ2v) is 4.52. The molecule has 0 N–H and O–H groups in total. The number of Topliss-reactive ketones (excluding diaryl/α,β-unsaturated/α-hetero) is 2. The van der Waals surface area contributed by atoms with Crippen molar-refractivity contribution in [1.29, 1.82) is 0 Å². The predicted molar refractivity (Wildman–Crippen MR) is 72.2 cm³/mol. The molecule has 0 saturated carbocycles. The minimum atomic E-state index is -0.682. The molecule has 7 heteroatoms. The number of furan rings is 1. The van der Waals surface area contributed by atoms with Gasteiger partial charge in [0.25, 0.3) is 0 Å². The molecule has 0 spiro atoms. The number of nitrogens with zero attached hydrogens (tertiary/aromatic N) is 2. The summed E-state index contributed by atoms with van der Waals surface area (Å²) >= 11 is 0. The summed E-state index contributed by atoms with van der Waals surface area (Å²) in [6.07, 6.45) is 1.44. The van der Waals surface area contributed by atoms with Gasteiger partial charge in [0.05, 0.1) is 11.6 Å². The molecule has 1 aromatic rings. The minimum Gasteiger partial charge on any atom is -0.401 e. The van der Waals surface area contributed by atoms with Crippen LogP contribution in [-0.2, 0) is 9.59 Å². The lowest BCUT2D eigenvalue weighted by molar-refractivity contribution is -0.402. The Kier molecular flexibility index (Phi) is 5.33. The summed E-state index contributed by atoms with van der Waals surface area (Å²) in [6.45, 7) is 1.79. The van der Waals surface area contributed by atoms with E-state index >= 15 is 0 Å². The molecule has 0 aliphatic carbocycles. The summed E-state index contributed by atoms with van der Waals surface area (Å²) in [6, 6.07) is 2.52. The summed E-state index contributed by atoms with van der Waals surface area (Å²) in [4.78, 5) is 35.1. The van der Waals surface area contributed by atoms with E-state index in [2.05, 4.69) is 0 Å². The fraction of sp³-hybridized carbons (Fsp3) is 0.385. The highest BCUT2D eigenvalue weighted by Crippen LogP contribution is 2.19. The normalized spacial score (nSPS) is 11.7. The van der Waals surface area contributed by atoms with Gasteiger partial charge in [-0.1, -0.05) is 0 Å². The maximum Gasteiger partial charge on any atom is 0.433 e. The third-order valence-corrected chi connectivity index (χ3v) is 2.54. The van der Waals surface area contributed by atoms with Crippen molar-refractivity contribution in [1.82, 2.24) is 4.90 Å². The summed E-state index contributed by atoms with van der Waals surface area (Å²) in [7, 11) is 3.64. The zero-order valence-corrected chi connectivity index (χ0v) is 11.6. The average molecular weight is 280 g/mol. The SMILES string of the molecule is CC(=O)/C(=C\c1ccc([N+](=O)[O-])o1)C(=O)CCN(C)C. The lowest BCUT2D eigenvalue weighted by Gasteiger charge is -2.08. The highest BCUT2D eigenvalue weighted by Gasteiger charge is 2.17. The van der Waals surface area contributed by atoms with Gasteiger partial charge in [-0.05, 0) is 33.2 Å². The third kappa shape index (κ3) is 4.43. The smallest absolute Gasteiger partial charge is 0.401 e. The molecule has 1 aromatic heterocycles. The number of carbonyl (C=O) groups excluding carboxylic acids is 2. The maximum absolute atomic E-state index is 11.9. The second-order valence-electron chi connectivity index (χ2n) is 4.52. The molecule has 1 rings (SSSR count). The van der Waals surface area contributed by atoms with Gasteiger partial charge in [0.2, 0.25) is 0 Å². The van der Waals surface area contributed by atoms with Crippen LogP contribution in [0.5, 0.6) is 0 Å². The molecule has 0 bridgehead atoms. The number of nitro groups is 1. The molecule has 7 nitrogen and oxygen atoms in total. The summed E-state index contributed by atoms with van der Waals surface area (Å²) in [5.41, 5.74) is -0.0175. The average Bonchev–Trinajstić information content (AvgIpc) is 2.81. The van der Waals surface area contributed by atoms with Crippen molar-refractivity contribution in [2.24, 2.45) is 0 Å². The summed E-state index contributed by atoms with van der Waals surface area (Å²) in [5, 5.41) is 10.5. The number of carbonyl (C=O) groups is 2. The summed E-state index contributed by atoms with van der Waals surface area (Å²) in [5.74, 6) is -1.03. The largest absolute Gasteiger partial charge is 0.433 e. The lowest BCUT2D eigenvalue weighted by atomic mass is 10.0. The number of hydrogen-bond acceptors (Lipinski definition) is 6. The molecule has 108 valence electrons. The van der Waals surface area contributed by atoms with Gasteiger partial charge in [0, 0.05) is 13.0 Å². The van der Waals surface area contributed by atoms with E-state index in [1.807, 2.05) is 19.0 Å². The Morgan fingerprint density at radius 3 is 2.50 bits per heavy atom. The Morgan fingerprint density at radius 1 is 1.40 bits per heavy atom. The van der Waals surface area contributed by atoms with E-state index in [0.29, 0.717) is 6.54 Å². The minimum absolute atomic E-state index is 0.0175. The molecule has 20 heavy (non-hydrogen) atoms. The number of allylic oxidation sites excluding steroid dienone is 1. The number of rotatable bonds is 7. The predicted octanol–water partition coefficient (Wildman–Crippen LogP) is 1.68. The molecule has 0 fully saturated rings. The first kappa shape index (κ1) is 15.8. The Balaban J connectivity index is 2.94. The van der Waals surface area contributed by atoms with Crippen LogP contribution in [-0.4, -0.2) is 42.0 Å².